The molecule has 0 aliphatic carbocycles. The van der Waals surface area contributed by atoms with Crippen molar-refractivity contribution >= 4 is 46.7 Å². The van der Waals surface area contributed by atoms with Gasteiger partial charge in [0.05, 0.1) is 35.9 Å². The van der Waals surface area contributed by atoms with Crippen molar-refractivity contribution in [2.45, 2.75) is 19.0 Å². The number of amides is 2. The predicted octanol–water partition coefficient (Wildman–Crippen LogP) is 2.71. The zero-order valence-electron chi connectivity index (χ0n) is 16.3. The SMILES string of the molecule is NC(=O)CC(NCc1ncc(-c2cc(Cl)ccc2Cl)o1)C(=O)Nc1ccncc1C(=O)O. The number of carbonyl (C=O) groups is 3. The Bertz CT molecular complexity index is 1170. The van der Waals surface area contributed by atoms with Gasteiger partial charge in [-0.1, -0.05) is 23.2 Å². The average molecular weight is 478 g/mol. The smallest absolute Gasteiger partial charge is 0.339 e. The van der Waals surface area contributed by atoms with Crippen LogP contribution in [-0.2, 0) is 16.1 Å². The van der Waals surface area contributed by atoms with E-state index in [1.165, 1.54) is 18.5 Å². The molecule has 3 rings (SSSR count). The molecule has 1 unspecified atom stereocenters. The Morgan fingerprint density at radius 1 is 1.19 bits per heavy atom. The second kappa shape index (κ2) is 10.2. The number of carboxylic acid groups (broad SMARTS) is 1. The van der Waals surface area contributed by atoms with Gasteiger partial charge in [-0.25, -0.2) is 9.78 Å². The molecule has 32 heavy (non-hydrogen) atoms. The van der Waals surface area contributed by atoms with Crippen LogP contribution in [0, 0.1) is 0 Å². The molecule has 166 valence electrons. The molecule has 0 aliphatic heterocycles. The van der Waals surface area contributed by atoms with Gasteiger partial charge in [0.1, 0.15) is 5.56 Å². The Hall–Kier alpha value is -3.47. The van der Waals surface area contributed by atoms with Crippen LogP contribution in [0.4, 0.5) is 5.69 Å². The summed E-state index contributed by atoms with van der Waals surface area (Å²) in [5.41, 5.74) is 5.63. The maximum atomic E-state index is 12.7. The molecule has 1 atom stereocenters. The number of nitrogens with one attached hydrogen (secondary N) is 2. The summed E-state index contributed by atoms with van der Waals surface area (Å²) < 4.78 is 5.66. The third kappa shape index (κ3) is 5.82. The minimum atomic E-state index is -1.26. The van der Waals surface area contributed by atoms with E-state index in [2.05, 4.69) is 20.6 Å². The highest BCUT2D eigenvalue weighted by atomic mass is 35.5. The maximum Gasteiger partial charge on any atom is 0.339 e. The number of aromatic nitrogens is 2. The summed E-state index contributed by atoms with van der Waals surface area (Å²) in [6, 6.07) is 5.14. The van der Waals surface area contributed by atoms with E-state index in [4.69, 9.17) is 33.4 Å². The number of rotatable bonds is 9. The lowest BCUT2D eigenvalue weighted by molar-refractivity contribution is -0.124. The molecule has 1 aromatic carbocycles. The number of hydrogen-bond donors (Lipinski definition) is 4. The van der Waals surface area contributed by atoms with E-state index in [0.717, 1.165) is 6.20 Å². The van der Waals surface area contributed by atoms with Gasteiger partial charge in [0.15, 0.2) is 5.76 Å². The second-order valence-electron chi connectivity index (χ2n) is 6.56. The largest absolute Gasteiger partial charge is 0.478 e. The van der Waals surface area contributed by atoms with Crippen LogP contribution in [0.1, 0.15) is 22.7 Å². The van der Waals surface area contributed by atoms with Gasteiger partial charge >= 0.3 is 5.97 Å². The highest BCUT2D eigenvalue weighted by molar-refractivity contribution is 6.35. The molecule has 0 bridgehead atoms. The van der Waals surface area contributed by atoms with Crippen molar-refractivity contribution in [3.05, 3.63) is 64.4 Å². The third-order valence-corrected chi connectivity index (χ3v) is 4.84. The number of aromatic carboxylic acids is 1. The number of oxazole rings is 1. The van der Waals surface area contributed by atoms with E-state index in [0.29, 0.717) is 21.4 Å². The van der Waals surface area contributed by atoms with Crippen LogP contribution in [0.3, 0.4) is 0 Å². The summed E-state index contributed by atoms with van der Waals surface area (Å²) in [6.07, 6.45) is 3.54. The fourth-order valence-electron chi connectivity index (χ4n) is 2.77. The van der Waals surface area contributed by atoms with Crippen LogP contribution in [0.5, 0.6) is 0 Å². The number of halogens is 2. The van der Waals surface area contributed by atoms with Crippen LogP contribution < -0.4 is 16.4 Å². The van der Waals surface area contributed by atoms with Crippen molar-refractivity contribution in [1.29, 1.82) is 0 Å². The van der Waals surface area contributed by atoms with Crippen LogP contribution in [0.2, 0.25) is 10.0 Å². The molecule has 0 saturated carbocycles. The minimum Gasteiger partial charge on any atom is -0.478 e. The molecule has 0 spiro atoms. The maximum absolute atomic E-state index is 12.7. The number of pyridine rings is 1. The highest BCUT2D eigenvalue weighted by Gasteiger charge is 2.23. The number of carboxylic acids is 1. The summed E-state index contributed by atoms with van der Waals surface area (Å²) in [7, 11) is 0. The van der Waals surface area contributed by atoms with Gasteiger partial charge in [0.2, 0.25) is 17.7 Å². The average Bonchev–Trinajstić information content (AvgIpc) is 3.21. The molecule has 0 aliphatic rings. The number of primary amides is 1. The molecule has 2 aromatic heterocycles. The van der Waals surface area contributed by atoms with Gasteiger partial charge in [-0.15, -0.1) is 0 Å². The molecule has 10 nitrogen and oxygen atoms in total. The quantitative estimate of drug-likeness (QED) is 0.365. The topological polar surface area (TPSA) is 160 Å². The Labute approximate surface area is 191 Å². The summed E-state index contributed by atoms with van der Waals surface area (Å²) >= 11 is 12.2. The minimum absolute atomic E-state index is 0.0221. The predicted molar refractivity (Wildman–Crippen MR) is 116 cm³/mol. The number of benzene rings is 1. The molecule has 0 fully saturated rings. The van der Waals surface area contributed by atoms with Crippen molar-refractivity contribution in [3.63, 3.8) is 0 Å². The Balaban J connectivity index is 1.72. The summed E-state index contributed by atoms with van der Waals surface area (Å²) in [4.78, 5) is 43.3. The lowest BCUT2D eigenvalue weighted by Crippen LogP contribution is -2.43. The molecule has 0 saturated heterocycles. The normalized spacial score (nSPS) is 11.7. The van der Waals surface area contributed by atoms with Gasteiger partial charge in [-0.3, -0.25) is 19.9 Å². The first-order valence-corrected chi connectivity index (χ1v) is 9.90. The molecule has 0 radical (unpaired) electrons. The monoisotopic (exact) mass is 477 g/mol. The molecule has 2 heterocycles. The van der Waals surface area contributed by atoms with E-state index >= 15 is 0 Å². The zero-order valence-corrected chi connectivity index (χ0v) is 17.9. The lowest BCUT2D eigenvalue weighted by Gasteiger charge is -2.17. The van der Waals surface area contributed by atoms with E-state index in [-0.39, 0.29) is 30.1 Å². The van der Waals surface area contributed by atoms with Gasteiger partial charge < -0.3 is 20.6 Å². The van der Waals surface area contributed by atoms with Crippen molar-refractivity contribution in [2.75, 3.05) is 5.32 Å². The summed E-state index contributed by atoms with van der Waals surface area (Å²) in [5.74, 6) is -2.08. The van der Waals surface area contributed by atoms with Gasteiger partial charge in [0.25, 0.3) is 0 Å². The number of carbonyl (C=O) groups excluding carboxylic acids is 2. The van der Waals surface area contributed by atoms with Crippen LogP contribution in [0.15, 0.2) is 47.3 Å². The van der Waals surface area contributed by atoms with Gasteiger partial charge in [-0.2, -0.15) is 0 Å². The van der Waals surface area contributed by atoms with E-state index < -0.39 is 23.8 Å². The van der Waals surface area contributed by atoms with Gasteiger partial charge in [0, 0.05) is 23.0 Å². The fraction of sp³-hybridized carbons (Fsp3) is 0.150. The van der Waals surface area contributed by atoms with Crippen LogP contribution in [0.25, 0.3) is 11.3 Å². The Morgan fingerprint density at radius 3 is 2.69 bits per heavy atom. The van der Waals surface area contributed by atoms with Crippen molar-refractivity contribution < 1.29 is 23.9 Å². The first-order valence-electron chi connectivity index (χ1n) is 9.14. The van der Waals surface area contributed by atoms with Crippen LogP contribution in [-0.4, -0.2) is 38.9 Å². The van der Waals surface area contributed by atoms with E-state index in [9.17, 15) is 19.5 Å². The summed E-state index contributed by atoms with van der Waals surface area (Å²) in [5, 5.41) is 15.4. The molecule has 12 heteroatoms. The van der Waals surface area contributed by atoms with E-state index in [1.807, 2.05) is 0 Å². The fourth-order valence-corrected chi connectivity index (χ4v) is 3.15. The molecule has 3 aromatic rings. The third-order valence-electron chi connectivity index (χ3n) is 4.28. The van der Waals surface area contributed by atoms with Crippen molar-refractivity contribution in [3.8, 4) is 11.3 Å². The first kappa shape index (κ1) is 23.2. The highest BCUT2D eigenvalue weighted by Crippen LogP contribution is 2.31. The molecule has 2 amide bonds. The Kier molecular flexibility index (Phi) is 7.41. The molecular weight excluding hydrogens is 461 g/mol. The molecule has 5 N–H and O–H groups in total. The lowest BCUT2D eigenvalue weighted by atomic mass is 10.1. The van der Waals surface area contributed by atoms with Gasteiger partial charge in [-0.05, 0) is 24.3 Å². The zero-order chi connectivity index (χ0) is 23.3. The second-order valence-corrected chi connectivity index (χ2v) is 7.41. The van der Waals surface area contributed by atoms with Crippen molar-refractivity contribution in [2.24, 2.45) is 5.73 Å². The molecular formula is C20H17Cl2N5O5. The Morgan fingerprint density at radius 2 is 1.97 bits per heavy atom. The number of nitrogens with zero attached hydrogens (tertiary/aromatic N) is 2. The van der Waals surface area contributed by atoms with Crippen molar-refractivity contribution in [1.82, 2.24) is 15.3 Å². The van der Waals surface area contributed by atoms with Crippen LogP contribution >= 0.6 is 23.2 Å². The van der Waals surface area contributed by atoms with E-state index in [1.54, 1.807) is 18.2 Å². The standard InChI is InChI=1S/C20H17Cl2N5O5/c21-10-1-2-13(22)11(5-10)16-8-26-18(32-16)9-25-15(6-17(23)28)19(29)27-14-3-4-24-7-12(14)20(30)31/h1-5,7-8,15,25H,6,9H2,(H2,23,28)(H,30,31)(H,24,27,29). The first-order chi connectivity index (χ1) is 15.2. The summed E-state index contributed by atoms with van der Waals surface area (Å²) in [6.45, 7) is -0.0221. The number of anilines is 1. The number of nitrogens with two attached hydrogens (primary N) is 1. The number of hydrogen-bond acceptors (Lipinski definition) is 7.